The van der Waals surface area contributed by atoms with Gasteiger partial charge in [-0.25, -0.2) is 0 Å². The van der Waals surface area contributed by atoms with E-state index in [2.05, 4.69) is 12.2 Å². The molecule has 3 aliphatic rings. The number of fused-ring (bicyclic) bond motifs is 2. The number of hydrogen-bond acceptors (Lipinski definition) is 3. The third kappa shape index (κ3) is 1.90. The third-order valence-electron chi connectivity index (χ3n) is 4.93. The van der Waals surface area contributed by atoms with Gasteiger partial charge in [0.2, 0.25) is 0 Å². The van der Waals surface area contributed by atoms with Gasteiger partial charge in [-0.05, 0) is 39.0 Å². The molecule has 1 N–H and O–H groups in total. The van der Waals surface area contributed by atoms with E-state index < -0.39 is 10.2 Å². The molecule has 0 spiro atoms. The van der Waals surface area contributed by atoms with Crippen LogP contribution in [0.4, 0.5) is 0 Å². The molecule has 0 aromatic carbocycles. The monoisotopic (exact) mass is 273 g/mol. The van der Waals surface area contributed by atoms with Gasteiger partial charge in [0.1, 0.15) is 0 Å². The summed E-state index contributed by atoms with van der Waals surface area (Å²) in [5.41, 5.74) is 0. The van der Waals surface area contributed by atoms with Crippen molar-refractivity contribution in [2.45, 2.75) is 51.2 Å². The van der Waals surface area contributed by atoms with Crippen molar-refractivity contribution < 1.29 is 8.42 Å². The molecule has 4 atom stereocenters. The highest BCUT2D eigenvalue weighted by atomic mass is 32.2. The van der Waals surface area contributed by atoms with E-state index in [1.165, 1.54) is 6.42 Å². The van der Waals surface area contributed by atoms with Crippen LogP contribution in [-0.2, 0) is 10.2 Å². The van der Waals surface area contributed by atoms with Crippen LogP contribution in [0, 0.1) is 5.92 Å². The Hall–Kier alpha value is -0.170. The smallest absolute Gasteiger partial charge is 0.282 e. The summed E-state index contributed by atoms with van der Waals surface area (Å²) in [6.45, 7) is 6.16. The first-order chi connectivity index (χ1) is 8.50. The Kier molecular flexibility index (Phi) is 3.17. The number of nitrogens with zero attached hydrogens (tertiary/aromatic N) is 2. The second kappa shape index (κ2) is 4.44. The molecule has 0 radical (unpaired) electrons. The predicted octanol–water partition coefficient (Wildman–Crippen LogP) is 0.398. The lowest BCUT2D eigenvalue weighted by Gasteiger charge is -2.41. The van der Waals surface area contributed by atoms with Gasteiger partial charge in [0, 0.05) is 37.8 Å². The standard InChI is InChI=1S/C12H23N3O2S/c1-9-10(2)14(6-5-13-9)18(16,17)15-8-11-3-4-12(15)7-11/h9-13H,3-8H2,1-2H3. The van der Waals surface area contributed by atoms with E-state index in [0.29, 0.717) is 12.5 Å². The number of rotatable bonds is 2. The summed E-state index contributed by atoms with van der Waals surface area (Å²) in [5.74, 6) is 0.612. The highest BCUT2D eigenvalue weighted by molar-refractivity contribution is 7.86. The van der Waals surface area contributed by atoms with E-state index in [4.69, 9.17) is 0 Å². The van der Waals surface area contributed by atoms with Gasteiger partial charge in [0.25, 0.3) is 10.2 Å². The molecule has 1 aliphatic carbocycles. The van der Waals surface area contributed by atoms with Crippen molar-refractivity contribution in [3.63, 3.8) is 0 Å². The summed E-state index contributed by atoms with van der Waals surface area (Å²) in [7, 11) is -3.25. The first kappa shape index (κ1) is 12.8. The third-order valence-corrected chi connectivity index (χ3v) is 7.08. The number of hydrogen-bond donors (Lipinski definition) is 1. The highest BCUT2D eigenvalue weighted by Gasteiger charge is 2.47. The van der Waals surface area contributed by atoms with Crippen molar-refractivity contribution in [3.8, 4) is 0 Å². The van der Waals surface area contributed by atoms with Crippen LogP contribution in [0.2, 0.25) is 0 Å². The fourth-order valence-corrected chi connectivity index (χ4v) is 5.81. The summed E-state index contributed by atoms with van der Waals surface area (Å²) < 4.78 is 29.0. The maximum Gasteiger partial charge on any atom is 0.282 e. The molecule has 0 amide bonds. The van der Waals surface area contributed by atoms with Crippen LogP contribution in [0.5, 0.6) is 0 Å². The van der Waals surface area contributed by atoms with Crippen molar-refractivity contribution in [2.75, 3.05) is 19.6 Å². The van der Waals surface area contributed by atoms with Gasteiger partial charge in [-0.2, -0.15) is 17.0 Å². The minimum atomic E-state index is -3.25. The fourth-order valence-electron chi connectivity index (χ4n) is 3.65. The minimum absolute atomic E-state index is 0.0443. The lowest BCUT2D eigenvalue weighted by Crippen LogP contribution is -2.60. The van der Waals surface area contributed by atoms with Crippen LogP contribution >= 0.6 is 0 Å². The van der Waals surface area contributed by atoms with Gasteiger partial charge in [0.15, 0.2) is 0 Å². The molecule has 1 saturated carbocycles. The van der Waals surface area contributed by atoms with E-state index in [-0.39, 0.29) is 18.1 Å². The molecule has 2 bridgehead atoms. The zero-order valence-corrected chi connectivity index (χ0v) is 12.0. The first-order valence-electron chi connectivity index (χ1n) is 7.02. The molecule has 4 unspecified atom stereocenters. The Bertz CT molecular complexity index is 425. The molecule has 3 rings (SSSR count). The fraction of sp³-hybridized carbons (Fsp3) is 1.00. The minimum Gasteiger partial charge on any atom is -0.311 e. The summed E-state index contributed by atoms with van der Waals surface area (Å²) in [6, 6.07) is 0.550. The quantitative estimate of drug-likeness (QED) is 0.792. The molecule has 6 heteroatoms. The van der Waals surface area contributed by atoms with E-state index in [0.717, 1.165) is 25.9 Å². The van der Waals surface area contributed by atoms with E-state index in [1.807, 2.05) is 6.92 Å². The molecule has 18 heavy (non-hydrogen) atoms. The van der Waals surface area contributed by atoms with Crippen LogP contribution in [0.1, 0.15) is 33.1 Å². The Morgan fingerprint density at radius 3 is 2.56 bits per heavy atom. The Labute approximate surface area is 110 Å². The van der Waals surface area contributed by atoms with Crippen LogP contribution in [0.15, 0.2) is 0 Å². The summed E-state index contributed by atoms with van der Waals surface area (Å²) in [4.78, 5) is 0. The zero-order chi connectivity index (χ0) is 12.9. The predicted molar refractivity (Wildman–Crippen MR) is 70.4 cm³/mol. The number of piperidine rings is 1. The van der Waals surface area contributed by atoms with Crippen molar-refractivity contribution >= 4 is 10.2 Å². The molecule has 3 fully saturated rings. The molecule has 0 aromatic rings. The Morgan fingerprint density at radius 2 is 1.94 bits per heavy atom. The molecule has 5 nitrogen and oxygen atoms in total. The number of piperazine rings is 1. The first-order valence-corrected chi connectivity index (χ1v) is 8.42. The van der Waals surface area contributed by atoms with Gasteiger partial charge >= 0.3 is 0 Å². The van der Waals surface area contributed by atoms with E-state index in [1.54, 1.807) is 8.61 Å². The van der Waals surface area contributed by atoms with Gasteiger partial charge in [0.05, 0.1) is 0 Å². The van der Waals surface area contributed by atoms with Gasteiger partial charge < -0.3 is 5.32 Å². The van der Waals surface area contributed by atoms with Crippen molar-refractivity contribution in [2.24, 2.45) is 5.92 Å². The molecular formula is C12H23N3O2S. The molecule has 104 valence electrons. The maximum atomic E-state index is 12.8. The van der Waals surface area contributed by atoms with Gasteiger partial charge in [-0.3, -0.25) is 0 Å². The van der Waals surface area contributed by atoms with Crippen molar-refractivity contribution in [1.82, 2.24) is 13.9 Å². The maximum absolute atomic E-state index is 12.8. The normalized spacial score (nSPS) is 42.6. The van der Waals surface area contributed by atoms with E-state index >= 15 is 0 Å². The van der Waals surface area contributed by atoms with Gasteiger partial charge in [-0.1, -0.05) is 0 Å². The van der Waals surface area contributed by atoms with Crippen molar-refractivity contribution in [3.05, 3.63) is 0 Å². The Balaban J connectivity index is 1.81. The number of nitrogens with one attached hydrogen (secondary N) is 1. The largest absolute Gasteiger partial charge is 0.311 e. The molecule has 2 saturated heterocycles. The lowest BCUT2D eigenvalue weighted by molar-refractivity contribution is 0.207. The lowest BCUT2D eigenvalue weighted by atomic mass is 10.1. The summed E-state index contributed by atoms with van der Waals surface area (Å²) >= 11 is 0. The molecular weight excluding hydrogens is 250 g/mol. The van der Waals surface area contributed by atoms with Crippen LogP contribution in [0.25, 0.3) is 0 Å². The van der Waals surface area contributed by atoms with E-state index in [9.17, 15) is 8.42 Å². The highest BCUT2D eigenvalue weighted by Crippen LogP contribution is 2.40. The second-order valence-electron chi connectivity index (χ2n) is 6.00. The SMILES string of the molecule is CC1NCCN(S(=O)(=O)N2CC3CCC2C3)C1C. The molecule has 0 aromatic heterocycles. The molecule has 2 heterocycles. The van der Waals surface area contributed by atoms with Crippen LogP contribution in [-0.4, -0.2) is 54.8 Å². The molecule has 2 aliphatic heterocycles. The average molecular weight is 273 g/mol. The average Bonchev–Trinajstić information content (AvgIpc) is 2.94. The van der Waals surface area contributed by atoms with Gasteiger partial charge in [-0.15, -0.1) is 0 Å². The zero-order valence-electron chi connectivity index (χ0n) is 11.2. The van der Waals surface area contributed by atoms with Crippen LogP contribution < -0.4 is 5.32 Å². The second-order valence-corrected chi connectivity index (χ2v) is 7.84. The Morgan fingerprint density at radius 1 is 1.17 bits per heavy atom. The van der Waals surface area contributed by atoms with Crippen LogP contribution in [0.3, 0.4) is 0 Å². The van der Waals surface area contributed by atoms with Crippen molar-refractivity contribution in [1.29, 1.82) is 0 Å². The topological polar surface area (TPSA) is 52.7 Å². The summed E-state index contributed by atoms with van der Waals surface area (Å²) in [5, 5.41) is 3.33. The summed E-state index contributed by atoms with van der Waals surface area (Å²) in [6.07, 6.45) is 3.35.